The second-order valence-corrected chi connectivity index (χ2v) is 4.82. The Bertz CT molecular complexity index is 426. The lowest BCUT2D eigenvalue weighted by Gasteiger charge is -2.21. The Morgan fingerprint density at radius 1 is 1.61 bits per heavy atom. The summed E-state index contributed by atoms with van der Waals surface area (Å²) < 4.78 is 19.1. The SMILES string of the molecule is CN(CC1CCCO1)C(=O)c1c(F)cccc1Cl. The number of hydrogen-bond donors (Lipinski definition) is 0. The van der Waals surface area contributed by atoms with Gasteiger partial charge in [0.15, 0.2) is 0 Å². The molecule has 1 aliphatic heterocycles. The van der Waals surface area contributed by atoms with Crippen LogP contribution in [0.3, 0.4) is 0 Å². The monoisotopic (exact) mass is 271 g/mol. The number of hydrogen-bond acceptors (Lipinski definition) is 2. The van der Waals surface area contributed by atoms with Gasteiger partial charge in [-0.1, -0.05) is 17.7 Å². The lowest BCUT2D eigenvalue weighted by Crippen LogP contribution is -2.34. The highest BCUT2D eigenvalue weighted by Crippen LogP contribution is 2.21. The van der Waals surface area contributed by atoms with Crippen molar-refractivity contribution in [2.24, 2.45) is 0 Å². The Hall–Kier alpha value is -1.13. The van der Waals surface area contributed by atoms with Gasteiger partial charge < -0.3 is 9.64 Å². The molecule has 2 rings (SSSR count). The molecular formula is C13H15ClFNO2. The van der Waals surface area contributed by atoms with Crippen molar-refractivity contribution in [1.82, 2.24) is 4.90 Å². The van der Waals surface area contributed by atoms with E-state index in [2.05, 4.69) is 0 Å². The third-order valence-electron chi connectivity index (χ3n) is 3.02. The molecule has 0 aliphatic carbocycles. The molecule has 0 N–H and O–H groups in total. The summed E-state index contributed by atoms with van der Waals surface area (Å²) in [6, 6.07) is 4.23. The van der Waals surface area contributed by atoms with Crippen molar-refractivity contribution in [2.75, 3.05) is 20.2 Å². The zero-order chi connectivity index (χ0) is 13.1. The number of rotatable bonds is 3. The van der Waals surface area contributed by atoms with E-state index < -0.39 is 11.7 Å². The van der Waals surface area contributed by atoms with Gasteiger partial charge in [0.25, 0.3) is 5.91 Å². The molecule has 1 amide bonds. The fraction of sp³-hybridized carbons (Fsp3) is 0.462. The molecule has 1 aliphatic rings. The summed E-state index contributed by atoms with van der Waals surface area (Å²) in [6.45, 7) is 1.19. The molecule has 1 atom stereocenters. The van der Waals surface area contributed by atoms with Crippen LogP contribution in [0, 0.1) is 5.82 Å². The van der Waals surface area contributed by atoms with Gasteiger partial charge >= 0.3 is 0 Å². The van der Waals surface area contributed by atoms with Crippen LogP contribution < -0.4 is 0 Å². The Morgan fingerprint density at radius 2 is 2.39 bits per heavy atom. The number of halogens is 2. The largest absolute Gasteiger partial charge is 0.376 e. The molecular weight excluding hydrogens is 257 g/mol. The van der Waals surface area contributed by atoms with E-state index in [1.165, 1.54) is 23.1 Å². The molecule has 1 aromatic carbocycles. The van der Waals surface area contributed by atoms with Crippen molar-refractivity contribution in [3.05, 3.63) is 34.6 Å². The van der Waals surface area contributed by atoms with Crippen molar-refractivity contribution in [1.29, 1.82) is 0 Å². The zero-order valence-corrected chi connectivity index (χ0v) is 10.9. The van der Waals surface area contributed by atoms with Crippen LogP contribution in [-0.4, -0.2) is 37.1 Å². The Morgan fingerprint density at radius 3 is 3.00 bits per heavy atom. The van der Waals surface area contributed by atoms with Crippen molar-refractivity contribution in [2.45, 2.75) is 18.9 Å². The van der Waals surface area contributed by atoms with Gasteiger partial charge in [-0.3, -0.25) is 4.79 Å². The number of carbonyl (C=O) groups excluding carboxylic acids is 1. The van der Waals surface area contributed by atoms with Crippen molar-refractivity contribution >= 4 is 17.5 Å². The van der Waals surface area contributed by atoms with Gasteiger partial charge in [0.2, 0.25) is 0 Å². The summed E-state index contributed by atoms with van der Waals surface area (Å²) in [6.07, 6.45) is 1.99. The highest BCUT2D eigenvalue weighted by Gasteiger charge is 2.23. The van der Waals surface area contributed by atoms with Crippen molar-refractivity contribution < 1.29 is 13.9 Å². The van der Waals surface area contributed by atoms with Gasteiger partial charge in [-0.05, 0) is 25.0 Å². The van der Waals surface area contributed by atoms with Gasteiger partial charge in [0, 0.05) is 20.2 Å². The summed E-state index contributed by atoms with van der Waals surface area (Å²) in [7, 11) is 1.63. The molecule has 0 aromatic heterocycles. The normalized spacial score (nSPS) is 18.9. The maximum atomic E-state index is 13.6. The fourth-order valence-electron chi connectivity index (χ4n) is 2.07. The minimum Gasteiger partial charge on any atom is -0.376 e. The molecule has 1 unspecified atom stereocenters. The first-order valence-electron chi connectivity index (χ1n) is 5.90. The predicted molar refractivity (Wildman–Crippen MR) is 67.3 cm³/mol. The van der Waals surface area contributed by atoms with Crippen molar-refractivity contribution in [3.8, 4) is 0 Å². The van der Waals surface area contributed by atoms with E-state index in [1.807, 2.05) is 0 Å². The van der Waals surface area contributed by atoms with E-state index in [0.717, 1.165) is 19.4 Å². The van der Waals surface area contributed by atoms with Gasteiger partial charge in [0.05, 0.1) is 16.7 Å². The average Bonchev–Trinajstić information content (AvgIpc) is 2.81. The Balaban J connectivity index is 2.10. The van der Waals surface area contributed by atoms with Crippen LogP contribution in [0.4, 0.5) is 4.39 Å². The lowest BCUT2D eigenvalue weighted by molar-refractivity contribution is 0.0583. The van der Waals surface area contributed by atoms with Crippen LogP contribution in [0.15, 0.2) is 18.2 Å². The van der Waals surface area contributed by atoms with E-state index in [9.17, 15) is 9.18 Å². The quantitative estimate of drug-likeness (QED) is 0.846. The van der Waals surface area contributed by atoms with Gasteiger partial charge in [-0.15, -0.1) is 0 Å². The molecule has 5 heteroatoms. The summed E-state index contributed by atoms with van der Waals surface area (Å²) in [5, 5.41) is 0.138. The van der Waals surface area contributed by atoms with Crippen LogP contribution in [0.5, 0.6) is 0 Å². The summed E-state index contributed by atoms with van der Waals surface area (Å²) in [5.74, 6) is -1.000. The second kappa shape index (κ2) is 5.67. The summed E-state index contributed by atoms with van der Waals surface area (Å²) in [4.78, 5) is 13.6. The molecule has 0 radical (unpaired) electrons. The maximum Gasteiger partial charge on any atom is 0.258 e. The predicted octanol–water partition coefficient (Wildman–Crippen LogP) is 2.73. The third kappa shape index (κ3) is 2.82. The molecule has 1 heterocycles. The van der Waals surface area contributed by atoms with Gasteiger partial charge in [0.1, 0.15) is 5.82 Å². The summed E-state index contributed by atoms with van der Waals surface area (Å²) >= 11 is 5.87. The number of likely N-dealkylation sites (N-methyl/N-ethyl adjacent to an activating group) is 1. The minimum atomic E-state index is -0.591. The standard InChI is InChI=1S/C13H15ClFNO2/c1-16(8-9-4-3-7-18-9)13(17)12-10(14)5-2-6-11(12)15/h2,5-6,9H,3-4,7-8H2,1H3. The second-order valence-electron chi connectivity index (χ2n) is 4.42. The molecule has 1 saturated heterocycles. The highest BCUT2D eigenvalue weighted by atomic mass is 35.5. The van der Waals surface area contributed by atoms with Crippen LogP contribution in [0.1, 0.15) is 23.2 Å². The van der Waals surface area contributed by atoms with Crippen LogP contribution in [-0.2, 0) is 4.74 Å². The number of carbonyl (C=O) groups is 1. The highest BCUT2D eigenvalue weighted by molar-refractivity contribution is 6.33. The fourth-order valence-corrected chi connectivity index (χ4v) is 2.31. The molecule has 1 fully saturated rings. The molecule has 0 saturated carbocycles. The van der Waals surface area contributed by atoms with E-state index in [0.29, 0.717) is 6.54 Å². The average molecular weight is 272 g/mol. The number of amides is 1. The van der Waals surface area contributed by atoms with Gasteiger partial charge in [-0.2, -0.15) is 0 Å². The molecule has 3 nitrogen and oxygen atoms in total. The first-order valence-corrected chi connectivity index (χ1v) is 6.28. The van der Waals surface area contributed by atoms with Crippen LogP contribution >= 0.6 is 11.6 Å². The molecule has 1 aromatic rings. The van der Waals surface area contributed by atoms with E-state index in [1.54, 1.807) is 7.05 Å². The zero-order valence-electron chi connectivity index (χ0n) is 10.2. The van der Waals surface area contributed by atoms with Gasteiger partial charge in [-0.25, -0.2) is 4.39 Å². The third-order valence-corrected chi connectivity index (χ3v) is 3.34. The topological polar surface area (TPSA) is 29.5 Å². The molecule has 18 heavy (non-hydrogen) atoms. The van der Waals surface area contributed by atoms with Crippen LogP contribution in [0.25, 0.3) is 0 Å². The van der Waals surface area contributed by atoms with E-state index >= 15 is 0 Å². The molecule has 0 spiro atoms. The number of nitrogens with zero attached hydrogens (tertiary/aromatic N) is 1. The van der Waals surface area contributed by atoms with Crippen LogP contribution in [0.2, 0.25) is 5.02 Å². The van der Waals surface area contributed by atoms with E-state index in [-0.39, 0.29) is 16.7 Å². The lowest BCUT2D eigenvalue weighted by atomic mass is 10.1. The maximum absolute atomic E-state index is 13.6. The van der Waals surface area contributed by atoms with Crippen molar-refractivity contribution in [3.63, 3.8) is 0 Å². The first-order chi connectivity index (χ1) is 8.59. The minimum absolute atomic E-state index is 0.0458. The molecule has 0 bridgehead atoms. The number of benzene rings is 1. The van der Waals surface area contributed by atoms with E-state index in [4.69, 9.17) is 16.3 Å². The Kier molecular flexibility index (Phi) is 4.19. The first kappa shape index (κ1) is 13.3. The smallest absolute Gasteiger partial charge is 0.258 e. The molecule has 98 valence electrons. The Labute approximate surface area is 110 Å². The number of ether oxygens (including phenoxy) is 1. The summed E-state index contributed by atoms with van der Waals surface area (Å²) in [5.41, 5.74) is -0.0698.